The van der Waals surface area contributed by atoms with Gasteiger partial charge in [-0.05, 0) is 25.0 Å². The minimum atomic E-state index is -2.34. The smallest absolute Gasteiger partial charge is 0.341 e. The monoisotopic (exact) mass is 293 g/mol. The van der Waals surface area contributed by atoms with Gasteiger partial charge in [0.05, 0.1) is 6.10 Å². The molecule has 1 aromatic rings. The number of aliphatic hydroxyl groups excluding tert-OH is 1. The molecule has 0 aliphatic carbocycles. The highest BCUT2D eigenvalue weighted by molar-refractivity contribution is 6.09. The largest absolute Gasteiger partial charge is 0.479 e. The van der Waals surface area contributed by atoms with Crippen molar-refractivity contribution < 1.29 is 29.7 Å². The summed E-state index contributed by atoms with van der Waals surface area (Å²) in [7, 11) is 0. The molecule has 0 unspecified atom stereocenters. The summed E-state index contributed by atoms with van der Waals surface area (Å²) in [4.78, 5) is 36.2. The van der Waals surface area contributed by atoms with Crippen LogP contribution in [-0.2, 0) is 9.59 Å². The number of aliphatic hydroxyl groups is 1. The molecule has 1 atom stereocenters. The molecule has 112 valence electrons. The first-order chi connectivity index (χ1) is 9.89. The SMILES string of the molecule is O=C(c1ccccc1)N1C[C@@H](O)CCC1(C(=O)O)C(=O)O. The van der Waals surface area contributed by atoms with E-state index in [-0.39, 0.29) is 24.9 Å². The number of carboxylic acids is 2. The van der Waals surface area contributed by atoms with Crippen LogP contribution in [0.1, 0.15) is 23.2 Å². The number of carbonyl (C=O) groups excluding carboxylic acids is 1. The van der Waals surface area contributed by atoms with E-state index in [1.165, 1.54) is 12.1 Å². The molecule has 0 bridgehead atoms. The van der Waals surface area contributed by atoms with Gasteiger partial charge in [-0.3, -0.25) is 4.79 Å². The van der Waals surface area contributed by atoms with E-state index < -0.39 is 29.5 Å². The summed E-state index contributed by atoms with van der Waals surface area (Å²) in [5.41, 5.74) is -2.16. The quantitative estimate of drug-likeness (QED) is 0.685. The lowest BCUT2D eigenvalue weighted by molar-refractivity contribution is -0.170. The maximum absolute atomic E-state index is 12.5. The molecule has 0 aromatic heterocycles. The fraction of sp³-hybridized carbons (Fsp3) is 0.357. The normalized spacial score (nSPS) is 20.8. The predicted molar refractivity (Wildman–Crippen MR) is 70.7 cm³/mol. The van der Waals surface area contributed by atoms with E-state index in [1.807, 2.05) is 0 Å². The second-order valence-electron chi connectivity index (χ2n) is 4.94. The molecule has 1 saturated heterocycles. The van der Waals surface area contributed by atoms with E-state index in [2.05, 4.69) is 0 Å². The van der Waals surface area contributed by atoms with Crippen LogP contribution in [0.5, 0.6) is 0 Å². The molecule has 1 heterocycles. The molecular weight excluding hydrogens is 278 g/mol. The molecule has 3 N–H and O–H groups in total. The van der Waals surface area contributed by atoms with Crippen molar-refractivity contribution in [3.63, 3.8) is 0 Å². The molecular formula is C14H15NO6. The highest BCUT2D eigenvalue weighted by atomic mass is 16.4. The summed E-state index contributed by atoms with van der Waals surface area (Å²) in [6.45, 7) is -0.327. The molecule has 21 heavy (non-hydrogen) atoms. The van der Waals surface area contributed by atoms with Crippen LogP contribution < -0.4 is 0 Å². The minimum Gasteiger partial charge on any atom is -0.479 e. The number of benzene rings is 1. The summed E-state index contributed by atoms with van der Waals surface area (Å²) >= 11 is 0. The Balaban J connectivity index is 2.47. The van der Waals surface area contributed by atoms with Crippen LogP contribution >= 0.6 is 0 Å². The lowest BCUT2D eigenvalue weighted by Crippen LogP contribution is -2.66. The van der Waals surface area contributed by atoms with Gasteiger partial charge in [0.25, 0.3) is 5.91 Å². The summed E-state index contributed by atoms with van der Waals surface area (Å²) in [6, 6.07) is 7.81. The highest BCUT2D eigenvalue weighted by Gasteiger charge is 2.56. The van der Waals surface area contributed by atoms with E-state index in [0.717, 1.165) is 4.90 Å². The first-order valence-electron chi connectivity index (χ1n) is 6.41. The third-order valence-corrected chi connectivity index (χ3v) is 3.67. The van der Waals surface area contributed by atoms with Gasteiger partial charge in [-0.1, -0.05) is 18.2 Å². The van der Waals surface area contributed by atoms with Gasteiger partial charge in [0.1, 0.15) is 0 Å². The maximum Gasteiger partial charge on any atom is 0.341 e. The van der Waals surface area contributed by atoms with Crippen LogP contribution in [0.15, 0.2) is 30.3 Å². The molecule has 0 radical (unpaired) electrons. The number of carbonyl (C=O) groups is 3. The molecule has 7 heteroatoms. The van der Waals surface area contributed by atoms with Crippen molar-refractivity contribution in [3.05, 3.63) is 35.9 Å². The molecule has 1 amide bonds. The Bertz CT molecular complexity index is 556. The van der Waals surface area contributed by atoms with Crippen molar-refractivity contribution in [1.29, 1.82) is 0 Å². The molecule has 1 fully saturated rings. The van der Waals surface area contributed by atoms with E-state index in [1.54, 1.807) is 18.2 Å². The van der Waals surface area contributed by atoms with Gasteiger partial charge in [-0.15, -0.1) is 0 Å². The van der Waals surface area contributed by atoms with Gasteiger partial charge < -0.3 is 20.2 Å². The third-order valence-electron chi connectivity index (χ3n) is 3.67. The first-order valence-corrected chi connectivity index (χ1v) is 6.41. The van der Waals surface area contributed by atoms with Gasteiger partial charge in [0.15, 0.2) is 0 Å². The molecule has 7 nitrogen and oxygen atoms in total. The van der Waals surface area contributed by atoms with E-state index in [4.69, 9.17) is 0 Å². The summed E-state index contributed by atoms with van der Waals surface area (Å²) < 4.78 is 0. The fourth-order valence-corrected chi connectivity index (χ4v) is 2.50. The van der Waals surface area contributed by atoms with Gasteiger partial charge >= 0.3 is 11.9 Å². The number of nitrogens with zero attached hydrogens (tertiary/aromatic N) is 1. The Morgan fingerprint density at radius 2 is 1.67 bits per heavy atom. The van der Waals surface area contributed by atoms with Crippen LogP contribution in [0, 0.1) is 0 Å². The van der Waals surface area contributed by atoms with Crippen LogP contribution in [0.25, 0.3) is 0 Å². The number of amides is 1. The zero-order valence-corrected chi connectivity index (χ0v) is 11.1. The average molecular weight is 293 g/mol. The van der Waals surface area contributed by atoms with Crippen molar-refractivity contribution in [2.24, 2.45) is 0 Å². The molecule has 0 saturated carbocycles. The predicted octanol–water partition coefficient (Wildman–Crippen LogP) is 0.191. The molecule has 2 rings (SSSR count). The zero-order chi connectivity index (χ0) is 15.6. The van der Waals surface area contributed by atoms with Crippen LogP contribution in [0.4, 0.5) is 0 Å². The number of likely N-dealkylation sites (tertiary alicyclic amines) is 1. The van der Waals surface area contributed by atoms with E-state index in [0.29, 0.717) is 0 Å². The topological polar surface area (TPSA) is 115 Å². The zero-order valence-electron chi connectivity index (χ0n) is 11.1. The number of piperidine rings is 1. The Morgan fingerprint density at radius 1 is 1.10 bits per heavy atom. The Morgan fingerprint density at radius 3 is 2.19 bits per heavy atom. The first kappa shape index (κ1) is 15.0. The maximum atomic E-state index is 12.5. The van der Waals surface area contributed by atoms with E-state index in [9.17, 15) is 29.7 Å². The van der Waals surface area contributed by atoms with Crippen LogP contribution in [0.3, 0.4) is 0 Å². The number of hydrogen-bond acceptors (Lipinski definition) is 4. The molecule has 1 aromatic carbocycles. The van der Waals surface area contributed by atoms with Crippen LogP contribution in [0.2, 0.25) is 0 Å². The van der Waals surface area contributed by atoms with Gasteiger partial charge in [-0.25, -0.2) is 9.59 Å². The van der Waals surface area contributed by atoms with Crippen LogP contribution in [-0.4, -0.2) is 56.3 Å². The fourth-order valence-electron chi connectivity index (χ4n) is 2.50. The minimum absolute atomic E-state index is 0.0111. The lowest BCUT2D eigenvalue weighted by Gasteiger charge is -2.42. The Kier molecular flexibility index (Phi) is 3.95. The number of β-amino-alcohol motifs (C(OH)–C–C–N with tert-alkyl or cyclic N) is 1. The lowest BCUT2D eigenvalue weighted by atomic mass is 9.85. The van der Waals surface area contributed by atoms with Crippen molar-refractivity contribution in [2.45, 2.75) is 24.5 Å². The molecule has 1 aliphatic heterocycles. The third kappa shape index (κ3) is 2.47. The van der Waals surface area contributed by atoms with Gasteiger partial charge in [0, 0.05) is 12.1 Å². The standard InChI is InChI=1S/C14H15NO6/c16-10-6-7-14(12(18)19,13(20)21)15(8-10)11(17)9-4-2-1-3-5-9/h1-5,10,16H,6-8H2,(H,18,19)(H,20,21)/t10-/m0/s1. The van der Waals surface area contributed by atoms with Gasteiger partial charge in [0.2, 0.25) is 5.54 Å². The second kappa shape index (κ2) is 5.53. The summed E-state index contributed by atoms with van der Waals surface area (Å²) in [5, 5.41) is 28.4. The van der Waals surface area contributed by atoms with Gasteiger partial charge in [-0.2, -0.15) is 0 Å². The molecule has 1 aliphatic rings. The van der Waals surface area contributed by atoms with Crippen molar-refractivity contribution >= 4 is 17.8 Å². The average Bonchev–Trinajstić information content (AvgIpc) is 2.46. The van der Waals surface area contributed by atoms with Crippen molar-refractivity contribution in [1.82, 2.24) is 4.90 Å². The Hall–Kier alpha value is -2.41. The second-order valence-corrected chi connectivity index (χ2v) is 4.94. The summed E-state index contributed by atoms with van der Waals surface area (Å²) in [6.07, 6.45) is -1.27. The highest BCUT2D eigenvalue weighted by Crippen LogP contribution is 2.31. The molecule has 0 spiro atoms. The number of rotatable bonds is 3. The van der Waals surface area contributed by atoms with E-state index >= 15 is 0 Å². The number of hydrogen-bond donors (Lipinski definition) is 3. The number of carboxylic acid groups (broad SMARTS) is 2. The van der Waals surface area contributed by atoms with Crippen molar-refractivity contribution in [2.75, 3.05) is 6.54 Å². The Labute approximate surface area is 120 Å². The number of aliphatic carboxylic acids is 2. The summed E-state index contributed by atoms with van der Waals surface area (Å²) in [5.74, 6) is -3.93. The van der Waals surface area contributed by atoms with Crippen molar-refractivity contribution in [3.8, 4) is 0 Å².